The van der Waals surface area contributed by atoms with Crippen molar-refractivity contribution in [1.29, 1.82) is 0 Å². The quantitative estimate of drug-likeness (QED) is 0.193. The van der Waals surface area contributed by atoms with Gasteiger partial charge in [0.1, 0.15) is 0 Å². The predicted molar refractivity (Wildman–Crippen MR) is 140 cm³/mol. The fourth-order valence-corrected chi connectivity index (χ4v) is 3.39. The molecule has 0 aromatic heterocycles. The van der Waals surface area contributed by atoms with Gasteiger partial charge in [0, 0.05) is 19.7 Å². The molecule has 31 heavy (non-hydrogen) atoms. The van der Waals surface area contributed by atoms with Gasteiger partial charge in [-0.25, -0.2) is 4.99 Å². The van der Waals surface area contributed by atoms with Crippen molar-refractivity contribution in [1.82, 2.24) is 10.6 Å². The summed E-state index contributed by atoms with van der Waals surface area (Å²) >= 11 is 0. The Hall–Kier alpha value is -1.64. The second-order valence-electron chi connectivity index (χ2n) is 7.49. The zero-order valence-corrected chi connectivity index (χ0v) is 21.2. The molecule has 0 saturated heterocycles. The van der Waals surface area contributed by atoms with Crippen molar-refractivity contribution in [2.24, 2.45) is 10.9 Å². The van der Waals surface area contributed by atoms with Crippen LogP contribution in [0.1, 0.15) is 49.8 Å². The molecular formula is C25H38IN3O2. The smallest absolute Gasteiger partial charge is 0.191 e. The molecule has 6 heteroatoms. The number of rotatable bonds is 13. The third kappa shape index (κ3) is 11.0. The van der Waals surface area contributed by atoms with Gasteiger partial charge in [-0.2, -0.15) is 0 Å². The number of hydrogen-bond acceptors (Lipinski definition) is 3. The maximum absolute atomic E-state index is 9.27. The lowest BCUT2D eigenvalue weighted by molar-refractivity contribution is 0.106. The van der Waals surface area contributed by atoms with Crippen LogP contribution in [0.4, 0.5) is 0 Å². The van der Waals surface area contributed by atoms with E-state index in [1.807, 2.05) is 30.3 Å². The number of nitrogens with one attached hydrogen (secondary N) is 2. The summed E-state index contributed by atoms with van der Waals surface area (Å²) < 4.78 is 5.93. The number of nitrogens with zero attached hydrogens (tertiary/aromatic N) is 1. The van der Waals surface area contributed by atoms with E-state index in [-0.39, 0.29) is 30.6 Å². The Kier molecular flexibility index (Phi) is 15.0. The highest BCUT2D eigenvalue weighted by atomic mass is 127. The summed E-state index contributed by atoms with van der Waals surface area (Å²) in [6, 6.07) is 18.5. The molecule has 172 valence electrons. The largest absolute Gasteiger partial charge is 0.396 e. The summed E-state index contributed by atoms with van der Waals surface area (Å²) in [5.41, 5.74) is 3.51. The highest BCUT2D eigenvalue weighted by Crippen LogP contribution is 2.13. The maximum Gasteiger partial charge on any atom is 0.191 e. The topological polar surface area (TPSA) is 65.9 Å². The van der Waals surface area contributed by atoms with E-state index in [1.165, 1.54) is 11.1 Å². The minimum atomic E-state index is 0. The molecule has 0 spiro atoms. The number of hydrogen-bond donors (Lipinski definition) is 3. The van der Waals surface area contributed by atoms with Gasteiger partial charge in [-0.05, 0) is 42.4 Å². The second kappa shape index (κ2) is 17.0. The number of aliphatic hydroxyl groups excluding tert-OH is 1. The summed E-state index contributed by atoms with van der Waals surface area (Å²) in [6.45, 7) is 7.88. The fraction of sp³-hybridized carbons (Fsp3) is 0.480. The molecule has 0 saturated carbocycles. The van der Waals surface area contributed by atoms with Crippen molar-refractivity contribution in [3.05, 3.63) is 71.3 Å². The molecular weight excluding hydrogens is 501 g/mol. The first-order valence-corrected chi connectivity index (χ1v) is 11.1. The van der Waals surface area contributed by atoms with E-state index >= 15 is 0 Å². The summed E-state index contributed by atoms with van der Waals surface area (Å²) in [4.78, 5) is 4.78. The van der Waals surface area contributed by atoms with E-state index in [0.717, 1.165) is 43.9 Å². The molecule has 2 aromatic rings. The summed E-state index contributed by atoms with van der Waals surface area (Å²) in [6.07, 6.45) is 3.05. The van der Waals surface area contributed by atoms with E-state index in [1.54, 1.807) is 0 Å². The number of benzene rings is 2. The van der Waals surface area contributed by atoms with Crippen LogP contribution in [0.3, 0.4) is 0 Å². The first kappa shape index (κ1) is 27.4. The van der Waals surface area contributed by atoms with Crippen molar-refractivity contribution in [2.45, 2.75) is 52.9 Å². The Morgan fingerprint density at radius 1 is 0.935 bits per heavy atom. The number of guanidine groups is 1. The third-order valence-electron chi connectivity index (χ3n) is 5.03. The van der Waals surface area contributed by atoms with Crippen LogP contribution in [0.5, 0.6) is 0 Å². The first-order chi connectivity index (χ1) is 14.8. The fourth-order valence-electron chi connectivity index (χ4n) is 3.39. The predicted octanol–water partition coefficient (Wildman–Crippen LogP) is 4.88. The Morgan fingerprint density at radius 2 is 1.65 bits per heavy atom. The van der Waals surface area contributed by atoms with Gasteiger partial charge in [-0.1, -0.05) is 67.9 Å². The molecule has 0 aliphatic heterocycles. The molecule has 5 nitrogen and oxygen atoms in total. The Balaban J connectivity index is 0.00000480. The van der Waals surface area contributed by atoms with Crippen LogP contribution in [0.2, 0.25) is 0 Å². The molecule has 0 aliphatic rings. The Bertz CT molecular complexity index is 735. The van der Waals surface area contributed by atoms with Crippen LogP contribution in [0.15, 0.2) is 59.6 Å². The minimum absolute atomic E-state index is 0. The molecule has 0 fully saturated rings. The number of aliphatic hydroxyl groups is 1. The molecule has 0 bridgehead atoms. The number of aliphatic imine (C=N–C) groups is 1. The third-order valence-corrected chi connectivity index (χ3v) is 5.03. The highest BCUT2D eigenvalue weighted by Gasteiger charge is 2.09. The average Bonchev–Trinajstić information content (AvgIpc) is 2.77. The zero-order valence-electron chi connectivity index (χ0n) is 18.8. The number of halogens is 1. The molecule has 3 N–H and O–H groups in total. The Morgan fingerprint density at radius 3 is 2.32 bits per heavy atom. The lowest BCUT2D eigenvalue weighted by Crippen LogP contribution is -2.40. The van der Waals surface area contributed by atoms with Gasteiger partial charge < -0.3 is 20.5 Å². The molecule has 2 aromatic carbocycles. The lowest BCUT2D eigenvalue weighted by atomic mass is 10.0. The molecule has 0 amide bonds. The molecule has 1 unspecified atom stereocenters. The minimum Gasteiger partial charge on any atom is -0.396 e. The van der Waals surface area contributed by atoms with Gasteiger partial charge in [0.2, 0.25) is 0 Å². The standard InChI is InChI=1S/C25H37N3O2.HI/c1-3-10-21(15-16-29)17-27-25(26-4-2)28-18-23-13-8-9-14-24(23)20-30-19-22-11-6-5-7-12-22;/h5-9,11-14,21,29H,3-4,10,15-20H2,1-2H3,(H2,26,27,28);1H. The maximum atomic E-state index is 9.27. The SMILES string of the molecule is CCCC(CCO)CNC(=NCc1ccccc1COCc1ccccc1)NCC.I. The number of ether oxygens (including phenoxy) is 1. The highest BCUT2D eigenvalue weighted by molar-refractivity contribution is 14.0. The van der Waals surface area contributed by atoms with Crippen molar-refractivity contribution in [3.63, 3.8) is 0 Å². The van der Waals surface area contributed by atoms with Crippen LogP contribution in [0, 0.1) is 5.92 Å². The van der Waals surface area contributed by atoms with Crippen LogP contribution in [0.25, 0.3) is 0 Å². The summed E-state index contributed by atoms with van der Waals surface area (Å²) in [5, 5.41) is 16.0. The van der Waals surface area contributed by atoms with E-state index in [0.29, 0.717) is 25.7 Å². The van der Waals surface area contributed by atoms with Crippen molar-refractivity contribution < 1.29 is 9.84 Å². The first-order valence-electron chi connectivity index (χ1n) is 11.1. The van der Waals surface area contributed by atoms with E-state index in [9.17, 15) is 5.11 Å². The van der Waals surface area contributed by atoms with E-state index in [2.05, 4.69) is 48.7 Å². The molecule has 2 rings (SSSR count). The van der Waals surface area contributed by atoms with Gasteiger partial charge in [0.25, 0.3) is 0 Å². The monoisotopic (exact) mass is 539 g/mol. The van der Waals surface area contributed by atoms with Crippen LogP contribution in [-0.2, 0) is 24.5 Å². The van der Waals surface area contributed by atoms with Crippen LogP contribution in [-0.4, -0.2) is 30.8 Å². The zero-order chi connectivity index (χ0) is 21.4. The van der Waals surface area contributed by atoms with Gasteiger partial charge in [-0.3, -0.25) is 0 Å². The van der Waals surface area contributed by atoms with Crippen molar-refractivity contribution in [2.75, 3.05) is 19.7 Å². The van der Waals surface area contributed by atoms with Crippen LogP contribution >= 0.6 is 24.0 Å². The van der Waals surface area contributed by atoms with Crippen LogP contribution < -0.4 is 10.6 Å². The molecule has 0 radical (unpaired) electrons. The van der Waals surface area contributed by atoms with Gasteiger partial charge >= 0.3 is 0 Å². The summed E-state index contributed by atoms with van der Waals surface area (Å²) in [5.74, 6) is 1.28. The Labute approximate surface area is 204 Å². The van der Waals surface area contributed by atoms with Crippen molar-refractivity contribution in [3.8, 4) is 0 Å². The van der Waals surface area contributed by atoms with E-state index < -0.39 is 0 Å². The van der Waals surface area contributed by atoms with Gasteiger partial charge in [0.15, 0.2) is 5.96 Å². The van der Waals surface area contributed by atoms with E-state index in [4.69, 9.17) is 9.73 Å². The summed E-state index contributed by atoms with van der Waals surface area (Å²) in [7, 11) is 0. The molecule has 1 atom stereocenters. The lowest BCUT2D eigenvalue weighted by Gasteiger charge is -2.18. The van der Waals surface area contributed by atoms with Crippen molar-refractivity contribution >= 4 is 29.9 Å². The molecule has 0 aliphatic carbocycles. The van der Waals surface area contributed by atoms with Gasteiger partial charge in [-0.15, -0.1) is 24.0 Å². The average molecular weight is 540 g/mol. The van der Waals surface area contributed by atoms with Gasteiger partial charge in [0.05, 0.1) is 19.8 Å². The normalized spacial score (nSPS) is 12.2. The second-order valence-corrected chi connectivity index (χ2v) is 7.49. The molecule has 0 heterocycles.